The van der Waals surface area contributed by atoms with E-state index in [0.717, 1.165) is 24.2 Å². The summed E-state index contributed by atoms with van der Waals surface area (Å²) in [5.41, 5.74) is 2.52. The van der Waals surface area contributed by atoms with Crippen molar-refractivity contribution in [2.75, 3.05) is 13.1 Å². The van der Waals surface area contributed by atoms with Gasteiger partial charge in [0.25, 0.3) is 5.91 Å². The molecule has 1 aliphatic rings. The molecule has 1 amide bonds. The maximum Gasteiger partial charge on any atom is 0.253 e. The molecule has 0 aliphatic carbocycles. The second kappa shape index (κ2) is 8.14. The topological polar surface area (TPSA) is 60.2 Å². The molecule has 0 saturated carbocycles. The van der Waals surface area contributed by atoms with Gasteiger partial charge in [-0.1, -0.05) is 12.1 Å². The molecule has 6 nitrogen and oxygen atoms in total. The minimum atomic E-state index is 0.0622. The van der Waals surface area contributed by atoms with Crippen molar-refractivity contribution in [1.82, 2.24) is 19.7 Å². The van der Waals surface area contributed by atoms with Gasteiger partial charge in [-0.25, -0.2) is 4.68 Å². The Morgan fingerprint density at radius 3 is 2.70 bits per heavy atom. The van der Waals surface area contributed by atoms with Crippen LogP contribution in [0.1, 0.15) is 28.9 Å². The molecule has 0 radical (unpaired) electrons. The second-order valence-corrected chi connectivity index (χ2v) is 6.62. The fraction of sp³-hybridized carbons (Fsp3) is 0.286. The van der Waals surface area contributed by atoms with Crippen molar-refractivity contribution in [3.63, 3.8) is 0 Å². The van der Waals surface area contributed by atoms with Crippen molar-refractivity contribution in [3.05, 3.63) is 78.4 Å². The highest BCUT2D eigenvalue weighted by Gasteiger charge is 2.24. The first-order valence-electron chi connectivity index (χ1n) is 9.20. The standard InChI is InChI=1S/C21H22N4O2/c26-21(17-5-3-7-19(15-17)25-12-4-11-23-25)24-13-8-20(9-14-24)27-16-18-6-1-2-10-22-18/h1-7,10-12,15,20H,8-9,13-14,16H2. The largest absolute Gasteiger partial charge is 0.372 e. The number of hydrogen-bond donors (Lipinski definition) is 0. The molecule has 2 aromatic heterocycles. The molecular weight excluding hydrogens is 340 g/mol. The molecule has 27 heavy (non-hydrogen) atoms. The van der Waals surface area contributed by atoms with Crippen molar-refractivity contribution in [1.29, 1.82) is 0 Å². The monoisotopic (exact) mass is 362 g/mol. The third kappa shape index (κ3) is 4.23. The molecule has 0 atom stereocenters. The lowest BCUT2D eigenvalue weighted by molar-refractivity contribution is -0.00160. The Morgan fingerprint density at radius 1 is 1.07 bits per heavy atom. The van der Waals surface area contributed by atoms with Gasteiger partial charge < -0.3 is 9.64 Å². The number of pyridine rings is 1. The fourth-order valence-corrected chi connectivity index (χ4v) is 3.30. The molecule has 1 aromatic carbocycles. The minimum absolute atomic E-state index is 0.0622. The third-order valence-electron chi connectivity index (χ3n) is 4.78. The average molecular weight is 362 g/mol. The lowest BCUT2D eigenvalue weighted by Crippen LogP contribution is -2.40. The maximum absolute atomic E-state index is 12.9. The van der Waals surface area contributed by atoms with E-state index >= 15 is 0 Å². The minimum Gasteiger partial charge on any atom is -0.372 e. The molecule has 1 fully saturated rings. The van der Waals surface area contributed by atoms with Gasteiger partial charge in [0.05, 0.1) is 24.1 Å². The zero-order valence-corrected chi connectivity index (χ0v) is 15.1. The number of nitrogens with zero attached hydrogens (tertiary/aromatic N) is 4. The van der Waals surface area contributed by atoms with Crippen LogP contribution in [0.15, 0.2) is 67.1 Å². The van der Waals surface area contributed by atoms with Crippen molar-refractivity contribution < 1.29 is 9.53 Å². The molecule has 6 heteroatoms. The van der Waals surface area contributed by atoms with Crippen LogP contribution in [0.5, 0.6) is 0 Å². The predicted octanol–water partition coefficient (Wildman–Crippen LogP) is 3.09. The predicted molar refractivity (Wildman–Crippen MR) is 102 cm³/mol. The molecule has 0 bridgehead atoms. The van der Waals surface area contributed by atoms with E-state index < -0.39 is 0 Å². The molecule has 0 spiro atoms. The maximum atomic E-state index is 12.9. The summed E-state index contributed by atoms with van der Waals surface area (Å²) in [6.45, 7) is 1.93. The van der Waals surface area contributed by atoms with Gasteiger partial charge in [0.2, 0.25) is 0 Å². The molecule has 0 unspecified atom stereocenters. The normalized spacial score (nSPS) is 15.0. The molecular formula is C21H22N4O2. The summed E-state index contributed by atoms with van der Waals surface area (Å²) >= 11 is 0. The molecule has 3 heterocycles. The summed E-state index contributed by atoms with van der Waals surface area (Å²) in [6, 6.07) is 15.3. The van der Waals surface area contributed by atoms with Crippen LogP contribution < -0.4 is 0 Å². The highest BCUT2D eigenvalue weighted by Crippen LogP contribution is 2.19. The zero-order valence-electron chi connectivity index (χ0n) is 15.1. The first-order chi connectivity index (χ1) is 13.3. The smallest absolute Gasteiger partial charge is 0.253 e. The number of hydrogen-bond acceptors (Lipinski definition) is 4. The van der Waals surface area contributed by atoms with E-state index in [0.29, 0.717) is 25.3 Å². The number of likely N-dealkylation sites (tertiary alicyclic amines) is 1. The number of rotatable bonds is 5. The first-order valence-corrected chi connectivity index (χ1v) is 9.20. The van der Waals surface area contributed by atoms with Gasteiger partial charge in [-0.2, -0.15) is 5.10 Å². The number of ether oxygens (including phenoxy) is 1. The van der Waals surface area contributed by atoms with Crippen LogP contribution in [-0.4, -0.2) is 44.8 Å². The molecule has 1 saturated heterocycles. The summed E-state index contributed by atoms with van der Waals surface area (Å²) in [5.74, 6) is 0.0622. The van der Waals surface area contributed by atoms with Crippen LogP contribution in [0.25, 0.3) is 5.69 Å². The van der Waals surface area contributed by atoms with Gasteiger partial charge in [-0.05, 0) is 49.2 Å². The van der Waals surface area contributed by atoms with Crippen LogP contribution in [0, 0.1) is 0 Å². The Morgan fingerprint density at radius 2 is 1.96 bits per heavy atom. The second-order valence-electron chi connectivity index (χ2n) is 6.62. The Bertz CT molecular complexity index is 872. The van der Waals surface area contributed by atoms with Crippen molar-refractivity contribution in [2.45, 2.75) is 25.6 Å². The molecule has 1 aliphatic heterocycles. The molecule has 3 aromatic rings. The van der Waals surface area contributed by atoms with Gasteiger partial charge in [-0.15, -0.1) is 0 Å². The van der Waals surface area contributed by atoms with Crippen LogP contribution in [0.2, 0.25) is 0 Å². The SMILES string of the molecule is O=C(c1cccc(-n2cccn2)c1)N1CCC(OCc2ccccn2)CC1. The van der Waals surface area contributed by atoms with E-state index in [1.54, 1.807) is 17.1 Å². The summed E-state index contributed by atoms with van der Waals surface area (Å²) in [5, 5.41) is 4.22. The Labute approximate surface area is 158 Å². The van der Waals surface area contributed by atoms with Crippen molar-refractivity contribution in [2.24, 2.45) is 0 Å². The van der Waals surface area contributed by atoms with Crippen molar-refractivity contribution >= 4 is 5.91 Å². The lowest BCUT2D eigenvalue weighted by Gasteiger charge is -2.32. The van der Waals surface area contributed by atoms with Crippen LogP contribution >= 0.6 is 0 Å². The third-order valence-corrected chi connectivity index (χ3v) is 4.78. The number of carbonyl (C=O) groups is 1. The summed E-state index contributed by atoms with van der Waals surface area (Å²) in [7, 11) is 0. The van der Waals surface area contributed by atoms with E-state index in [2.05, 4.69) is 10.1 Å². The van der Waals surface area contributed by atoms with Gasteiger partial charge in [0, 0.05) is 37.2 Å². The Kier molecular flexibility index (Phi) is 5.25. The summed E-state index contributed by atoms with van der Waals surface area (Å²) < 4.78 is 7.72. The van der Waals surface area contributed by atoms with E-state index in [9.17, 15) is 4.79 Å². The highest BCUT2D eigenvalue weighted by molar-refractivity contribution is 5.94. The number of piperidine rings is 1. The molecule has 138 valence electrons. The van der Waals surface area contributed by atoms with Gasteiger partial charge in [0.1, 0.15) is 0 Å². The van der Waals surface area contributed by atoms with Crippen LogP contribution in [-0.2, 0) is 11.3 Å². The zero-order chi connectivity index (χ0) is 18.5. The number of aromatic nitrogens is 3. The van der Waals surface area contributed by atoms with Gasteiger partial charge in [-0.3, -0.25) is 9.78 Å². The highest BCUT2D eigenvalue weighted by atomic mass is 16.5. The summed E-state index contributed by atoms with van der Waals surface area (Å²) in [6.07, 6.45) is 7.23. The number of amides is 1. The van der Waals surface area contributed by atoms with E-state index in [4.69, 9.17) is 4.74 Å². The fourth-order valence-electron chi connectivity index (χ4n) is 3.30. The Hall–Kier alpha value is -2.99. The van der Waals surface area contributed by atoms with Crippen LogP contribution in [0.4, 0.5) is 0 Å². The first kappa shape index (κ1) is 17.4. The van der Waals surface area contributed by atoms with Gasteiger partial charge >= 0.3 is 0 Å². The van der Waals surface area contributed by atoms with Crippen molar-refractivity contribution in [3.8, 4) is 5.69 Å². The van der Waals surface area contributed by atoms with E-state index in [-0.39, 0.29) is 12.0 Å². The Balaban J connectivity index is 1.33. The van der Waals surface area contributed by atoms with E-state index in [1.165, 1.54) is 0 Å². The quantitative estimate of drug-likeness (QED) is 0.700. The van der Waals surface area contributed by atoms with E-state index in [1.807, 2.05) is 59.6 Å². The molecule has 0 N–H and O–H groups in total. The summed E-state index contributed by atoms with van der Waals surface area (Å²) in [4.78, 5) is 19.0. The number of benzene rings is 1. The van der Waals surface area contributed by atoms with Crippen LogP contribution in [0.3, 0.4) is 0 Å². The lowest BCUT2D eigenvalue weighted by atomic mass is 10.1. The average Bonchev–Trinajstić information content (AvgIpc) is 3.28. The molecule has 4 rings (SSSR count). The van der Waals surface area contributed by atoms with Gasteiger partial charge in [0.15, 0.2) is 0 Å². The number of carbonyl (C=O) groups excluding carboxylic acids is 1.